The Morgan fingerprint density at radius 3 is 1.60 bits per heavy atom. The zero-order valence-corrected chi connectivity index (χ0v) is 14.6. The minimum absolute atomic E-state index is 0.983. The van der Waals surface area contributed by atoms with Crippen LogP contribution in [0, 0.1) is 20.8 Å². The molecule has 0 saturated carbocycles. The Bertz CT molecular complexity index is 353. The first-order valence-electron chi connectivity index (χ1n) is 7.66. The van der Waals surface area contributed by atoms with Crippen LogP contribution in [-0.4, -0.2) is 17.7 Å². The maximum Gasteiger partial charge on any atom is 0.0424 e. The fourth-order valence-corrected chi connectivity index (χ4v) is 1.67. The summed E-state index contributed by atoms with van der Waals surface area (Å²) in [5, 5.41) is 0. The van der Waals surface area contributed by atoms with Gasteiger partial charge >= 0.3 is 0 Å². The standard InChI is InChI=1S/C8H11N.C6H9N.2C2H6/c1-6-4-7(2)9-8(3)5-6;1-6-3-2-4-7-5-6;2*1-2/h4-5H,1-3H3;3,5H,2,4H2,1H3;2*1-2H3. The van der Waals surface area contributed by atoms with Crippen LogP contribution in [-0.2, 0) is 0 Å². The van der Waals surface area contributed by atoms with Gasteiger partial charge in [-0.05, 0) is 57.4 Å². The lowest BCUT2D eigenvalue weighted by atomic mass is 10.2. The van der Waals surface area contributed by atoms with E-state index in [1.165, 1.54) is 11.1 Å². The van der Waals surface area contributed by atoms with Crippen molar-refractivity contribution in [3.05, 3.63) is 40.7 Å². The normalized spacial score (nSPS) is 11.7. The van der Waals surface area contributed by atoms with E-state index in [-0.39, 0.29) is 0 Å². The number of dihydropyridines is 1. The van der Waals surface area contributed by atoms with E-state index in [0.29, 0.717) is 0 Å². The summed E-state index contributed by atoms with van der Waals surface area (Å²) >= 11 is 0. The third-order valence-electron chi connectivity index (χ3n) is 2.25. The maximum absolute atomic E-state index is 4.23. The monoisotopic (exact) mass is 276 g/mol. The number of hydrogen-bond acceptors (Lipinski definition) is 2. The number of aromatic nitrogens is 1. The molecule has 0 N–H and O–H groups in total. The Hall–Kier alpha value is -1.44. The van der Waals surface area contributed by atoms with Crippen molar-refractivity contribution in [2.45, 2.75) is 61.8 Å². The van der Waals surface area contributed by atoms with Crippen molar-refractivity contribution in [2.75, 3.05) is 6.54 Å². The largest absolute Gasteiger partial charge is 0.293 e. The number of aliphatic imine (C=N–C) groups is 1. The zero-order valence-electron chi connectivity index (χ0n) is 14.6. The number of hydrogen-bond donors (Lipinski definition) is 0. The molecule has 0 amide bonds. The van der Waals surface area contributed by atoms with Gasteiger partial charge in [-0.15, -0.1) is 0 Å². The van der Waals surface area contributed by atoms with Crippen molar-refractivity contribution < 1.29 is 0 Å². The van der Waals surface area contributed by atoms with Crippen molar-refractivity contribution in [3.8, 4) is 0 Å². The van der Waals surface area contributed by atoms with Gasteiger partial charge in [-0.3, -0.25) is 9.98 Å². The number of allylic oxidation sites excluding steroid dienone is 1. The van der Waals surface area contributed by atoms with Crippen LogP contribution < -0.4 is 0 Å². The first-order chi connectivity index (χ1) is 9.58. The van der Waals surface area contributed by atoms with Gasteiger partial charge in [-0.1, -0.05) is 33.8 Å². The summed E-state index contributed by atoms with van der Waals surface area (Å²) in [4.78, 5) is 8.30. The molecule has 2 heteroatoms. The van der Waals surface area contributed by atoms with Crippen LogP contribution in [0.4, 0.5) is 0 Å². The lowest BCUT2D eigenvalue weighted by Gasteiger charge is -1.96. The smallest absolute Gasteiger partial charge is 0.0424 e. The Morgan fingerprint density at radius 1 is 0.850 bits per heavy atom. The van der Waals surface area contributed by atoms with Gasteiger partial charge in [-0.2, -0.15) is 0 Å². The summed E-state index contributed by atoms with van der Waals surface area (Å²) < 4.78 is 0. The van der Waals surface area contributed by atoms with E-state index in [1.807, 2.05) is 47.8 Å². The molecule has 0 aliphatic carbocycles. The molecule has 1 aromatic heterocycles. The van der Waals surface area contributed by atoms with Gasteiger partial charge in [0.15, 0.2) is 0 Å². The van der Waals surface area contributed by atoms with Crippen LogP contribution in [0.25, 0.3) is 0 Å². The summed E-state index contributed by atoms with van der Waals surface area (Å²) in [5.74, 6) is 0. The van der Waals surface area contributed by atoms with Gasteiger partial charge in [0.1, 0.15) is 0 Å². The zero-order chi connectivity index (χ0) is 16.0. The van der Waals surface area contributed by atoms with Crippen molar-refractivity contribution in [2.24, 2.45) is 4.99 Å². The molecule has 0 spiro atoms. The Balaban J connectivity index is 0. The topological polar surface area (TPSA) is 25.2 Å². The van der Waals surface area contributed by atoms with Crippen LogP contribution in [0.15, 0.2) is 28.8 Å². The van der Waals surface area contributed by atoms with Crippen LogP contribution in [0.1, 0.15) is 58.0 Å². The summed E-state index contributed by atoms with van der Waals surface area (Å²) in [6.07, 6.45) is 5.25. The average Bonchev–Trinajstić information content (AvgIpc) is 2.43. The van der Waals surface area contributed by atoms with Crippen molar-refractivity contribution in [1.82, 2.24) is 4.98 Å². The van der Waals surface area contributed by atoms with Crippen LogP contribution in [0.2, 0.25) is 0 Å². The van der Waals surface area contributed by atoms with E-state index in [1.54, 1.807) is 0 Å². The Kier molecular flexibility index (Phi) is 14.6. The molecule has 0 unspecified atom stereocenters. The molecule has 0 bridgehead atoms. The van der Waals surface area contributed by atoms with E-state index in [2.05, 4.69) is 42.0 Å². The molecule has 0 radical (unpaired) electrons. The fourth-order valence-electron chi connectivity index (χ4n) is 1.67. The van der Waals surface area contributed by atoms with Crippen LogP contribution in [0.5, 0.6) is 0 Å². The number of aryl methyl sites for hydroxylation is 3. The highest BCUT2D eigenvalue weighted by atomic mass is 14.7. The van der Waals surface area contributed by atoms with Crippen molar-refractivity contribution in [3.63, 3.8) is 0 Å². The van der Waals surface area contributed by atoms with Gasteiger partial charge in [0, 0.05) is 24.1 Å². The molecular formula is C18H32N2. The van der Waals surface area contributed by atoms with E-state index in [0.717, 1.165) is 24.4 Å². The van der Waals surface area contributed by atoms with E-state index in [4.69, 9.17) is 0 Å². The Morgan fingerprint density at radius 2 is 1.35 bits per heavy atom. The van der Waals surface area contributed by atoms with Gasteiger partial charge in [0.05, 0.1) is 0 Å². The van der Waals surface area contributed by atoms with Crippen LogP contribution in [0.3, 0.4) is 0 Å². The van der Waals surface area contributed by atoms with Gasteiger partial charge in [0.2, 0.25) is 0 Å². The molecule has 1 aromatic rings. The van der Waals surface area contributed by atoms with Gasteiger partial charge in [-0.25, -0.2) is 0 Å². The molecule has 0 fully saturated rings. The van der Waals surface area contributed by atoms with E-state index < -0.39 is 0 Å². The van der Waals surface area contributed by atoms with E-state index >= 15 is 0 Å². The average molecular weight is 276 g/mol. The highest BCUT2D eigenvalue weighted by Crippen LogP contribution is 2.01. The molecule has 2 heterocycles. The van der Waals surface area contributed by atoms with E-state index in [9.17, 15) is 0 Å². The predicted molar refractivity (Wildman–Crippen MR) is 92.9 cm³/mol. The first-order valence-corrected chi connectivity index (χ1v) is 7.66. The summed E-state index contributed by atoms with van der Waals surface area (Å²) in [5.41, 5.74) is 4.80. The van der Waals surface area contributed by atoms with Gasteiger partial charge < -0.3 is 0 Å². The molecule has 1 aliphatic heterocycles. The predicted octanol–water partition coefficient (Wildman–Crippen LogP) is 5.47. The second kappa shape index (κ2) is 14.0. The third-order valence-corrected chi connectivity index (χ3v) is 2.25. The minimum Gasteiger partial charge on any atom is -0.293 e. The molecule has 20 heavy (non-hydrogen) atoms. The second-order valence-electron chi connectivity index (χ2n) is 4.20. The summed E-state index contributed by atoms with van der Waals surface area (Å²) in [7, 11) is 0. The lowest BCUT2D eigenvalue weighted by molar-refractivity contribution is 0.989. The molecule has 2 rings (SSSR count). The first kappa shape index (κ1) is 20.9. The highest BCUT2D eigenvalue weighted by molar-refractivity contribution is 5.78. The molecule has 0 saturated heterocycles. The number of pyridine rings is 1. The number of rotatable bonds is 0. The molecule has 1 aliphatic rings. The second-order valence-corrected chi connectivity index (χ2v) is 4.20. The number of nitrogens with zero attached hydrogens (tertiary/aromatic N) is 2. The molecule has 114 valence electrons. The molecule has 2 nitrogen and oxygen atoms in total. The molecular weight excluding hydrogens is 244 g/mol. The summed E-state index contributed by atoms with van der Waals surface area (Å²) in [6, 6.07) is 4.15. The highest BCUT2D eigenvalue weighted by Gasteiger charge is 1.89. The molecule has 0 aromatic carbocycles. The Labute approximate surface area is 126 Å². The summed E-state index contributed by atoms with van der Waals surface area (Å²) in [6.45, 7) is 17.2. The third kappa shape index (κ3) is 11.6. The lowest BCUT2D eigenvalue weighted by Crippen LogP contribution is -1.88. The fraction of sp³-hybridized carbons (Fsp3) is 0.556. The van der Waals surface area contributed by atoms with Crippen LogP contribution >= 0.6 is 0 Å². The minimum atomic E-state index is 0.983. The SMILES string of the molecule is CC.CC.CC1=CCCN=C1.Cc1cc(C)nc(C)c1. The quantitative estimate of drug-likeness (QED) is 0.617. The van der Waals surface area contributed by atoms with Crippen molar-refractivity contribution in [1.29, 1.82) is 0 Å². The molecule has 0 atom stereocenters. The van der Waals surface area contributed by atoms with Gasteiger partial charge in [0.25, 0.3) is 0 Å². The maximum atomic E-state index is 4.23. The van der Waals surface area contributed by atoms with Crippen molar-refractivity contribution >= 4 is 6.21 Å².